The Bertz CT molecular complexity index is 895. The molecule has 0 bridgehead atoms. The SMILES string of the molecule is CCCCCc1nc(Nc2ccc(-c3cnco3)cc2)cc(N)c1C#N. The van der Waals surface area contributed by atoms with Crippen molar-refractivity contribution in [2.45, 2.75) is 32.6 Å². The molecule has 132 valence electrons. The molecule has 0 aliphatic carbocycles. The highest BCUT2D eigenvalue weighted by atomic mass is 16.3. The molecule has 3 N–H and O–H groups in total. The molecule has 2 aromatic heterocycles. The van der Waals surface area contributed by atoms with Gasteiger partial charge in [0.25, 0.3) is 0 Å². The van der Waals surface area contributed by atoms with Crippen LogP contribution >= 0.6 is 0 Å². The van der Waals surface area contributed by atoms with E-state index in [1.807, 2.05) is 24.3 Å². The van der Waals surface area contributed by atoms with E-state index in [2.05, 4.69) is 28.3 Å². The number of nitriles is 1. The van der Waals surface area contributed by atoms with Crippen molar-refractivity contribution in [1.29, 1.82) is 5.26 Å². The number of aromatic nitrogens is 2. The smallest absolute Gasteiger partial charge is 0.181 e. The van der Waals surface area contributed by atoms with Crippen LogP contribution in [-0.4, -0.2) is 9.97 Å². The van der Waals surface area contributed by atoms with Crippen LogP contribution in [0.4, 0.5) is 17.2 Å². The lowest BCUT2D eigenvalue weighted by Gasteiger charge is -2.11. The number of aryl methyl sites for hydroxylation is 1. The molecular formula is C20H21N5O. The summed E-state index contributed by atoms with van der Waals surface area (Å²) in [7, 11) is 0. The van der Waals surface area contributed by atoms with Crippen molar-refractivity contribution in [1.82, 2.24) is 9.97 Å². The number of hydrogen-bond acceptors (Lipinski definition) is 6. The van der Waals surface area contributed by atoms with Gasteiger partial charge in [-0.25, -0.2) is 9.97 Å². The molecular weight excluding hydrogens is 326 g/mol. The van der Waals surface area contributed by atoms with E-state index in [-0.39, 0.29) is 0 Å². The molecule has 0 saturated heterocycles. The minimum absolute atomic E-state index is 0.453. The first-order chi connectivity index (χ1) is 12.7. The van der Waals surface area contributed by atoms with Crippen LogP contribution in [0.2, 0.25) is 0 Å². The zero-order valence-corrected chi connectivity index (χ0v) is 14.7. The van der Waals surface area contributed by atoms with Crippen LogP contribution < -0.4 is 11.1 Å². The lowest BCUT2D eigenvalue weighted by Crippen LogP contribution is -2.04. The van der Waals surface area contributed by atoms with E-state index in [4.69, 9.17) is 10.2 Å². The summed E-state index contributed by atoms with van der Waals surface area (Å²) in [6.45, 7) is 2.15. The number of pyridine rings is 1. The third-order valence-corrected chi connectivity index (χ3v) is 4.13. The van der Waals surface area contributed by atoms with Gasteiger partial charge >= 0.3 is 0 Å². The Morgan fingerprint density at radius 1 is 1.23 bits per heavy atom. The fourth-order valence-electron chi connectivity index (χ4n) is 2.76. The Kier molecular flexibility index (Phi) is 5.49. The molecule has 1 aromatic carbocycles. The van der Waals surface area contributed by atoms with Gasteiger partial charge in [-0.1, -0.05) is 19.8 Å². The van der Waals surface area contributed by atoms with Crippen molar-refractivity contribution in [3.05, 3.63) is 54.2 Å². The van der Waals surface area contributed by atoms with E-state index >= 15 is 0 Å². The molecule has 0 aliphatic heterocycles. The van der Waals surface area contributed by atoms with Gasteiger partial charge in [-0.05, 0) is 37.1 Å². The van der Waals surface area contributed by atoms with E-state index in [1.165, 1.54) is 6.39 Å². The van der Waals surface area contributed by atoms with Crippen LogP contribution in [0.1, 0.15) is 37.4 Å². The van der Waals surface area contributed by atoms with Gasteiger partial charge < -0.3 is 15.5 Å². The lowest BCUT2D eigenvalue weighted by atomic mass is 10.1. The van der Waals surface area contributed by atoms with Crippen molar-refractivity contribution in [2.24, 2.45) is 0 Å². The van der Waals surface area contributed by atoms with E-state index in [1.54, 1.807) is 12.3 Å². The normalized spacial score (nSPS) is 10.5. The predicted octanol–water partition coefficient (Wildman–Crippen LogP) is 4.67. The Morgan fingerprint density at radius 3 is 2.69 bits per heavy atom. The van der Waals surface area contributed by atoms with E-state index < -0.39 is 0 Å². The lowest BCUT2D eigenvalue weighted by molar-refractivity contribution is 0.572. The zero-order valence-electron chi connectivity index (χ0n) is 14.7. The summed E-state index contributed by atoms with van der Waals surface area (Å²) in [6, 6.07) is 11.6. The molecule has 3 aromatic rings. The van der Waals surface area contributed by atoms with Crippen LogP contribution in [0.5, 0.6) is 0 Å². The van der Waals surface area contributed by atoms with Gasteiger partial charge in [0.2, 0.25) is 0 Å². The molecule has 0 radical (unpaired) electrons. The monoisotopic (exact) mass is 347 g/mol. The fraction of sp³-hybridized carbons (Fsp3) is 0.250. The summed E-state index contributed by atoms with van der Waals surface area (Å²) in [5.74, 6) is 1.36. The Balaban J connectivity index is 1.79. The van der Waals surface area contributed by atoms with E-state index in [0.717, 1.165) is 48.4 Å². The summed E-state index contributed by atoms with van der Waals surface area (Å²) in [5, 5.41) is 12.6. The molecule has 0 aliphatic rings. The average Bonchev–Trinajstić information content (AvgIpc) is 3.17. The maximum atomic E-state index is 9.35. The number of nitrogens with zero attached hydrogens (tertiary/aromatic N) is 3. The molecule has 0 amide bonds. The zero-order chi connectivity index (χ0) is 18.4. The summed E-state index contributed by atoms with van der Waals surface area (Å²) < 4.78 is 5.29. The van der Waals surface area contributed by atoms with Crippen LogP contribution in [0.15, 0.2) is 47.3 Å². The van der Waals surface area contributed by atoms with Crippen molar-refractivity contribution in [3.63, 3.8) is 0 Å². The maximum absolute atomic E-state index is 9.35. The standard InChI is InChI=1S/C20H21N5O/c1-2-3-4-5-18-16(11-21)17(22)10-20(25-18)24-15-8-6-14(7-9-15)19-12-23-13-26-19/h6-10,12-13H,2-5H2,1H3,(H3,22,24,25). The second-order valence-electron chi connectivity index (χ2n) is 6.06. The van der Waals surface area contributed by atoms with Crippen LogP contribution in [0, 0.1) is 11.3 Å². The first-order valence-corrected chi connectivity index (χ1v) is 8.66. The van der Waals surface area contributed by atoms with E-state index in [9.17, 15) is 5.26 Å². The number of unbranched alkanes of at least 4 members (excludes halogenated alkanes) is 2. The summed E-state index contributed by atoms with van der Waals surface area (Å²) >= 11 is 0. The third-order valence-electron chi connectivity index (χ3n) is 4.13. The van der Waals surface area contributed by atoms with Gasteiger partial charge in [-0.3, -0.25) is 0 Å². The number of nitrogens with one attached hydrogen (secondary N) is 1. The molecule has 0 fully saturated rings. The van der Waals surface area contributed by atoms with Gasteiger partial charge in [0.1, 0.15) is 11.9 Å². The van der Waals surface area contributed by atoms with Gasteiger partial charge in [0, 0.05) is 17.3 Å². The molecule has 0 unspecified atom stereocenters. The number of nitrogen functional groups attached to an aromatic ring is 1. The first-order valence-electron chi connectivity index (χ1n) is 8.66. The van der Waals surface area contributed by atoms with Crippen LogP contribution in [0.3, 0.4) is 0 Å². The third kappa shape index (κ3) is 4.01. The second-order valence-corrected chi connectivity index (χ2v) is 6.06. The molecule has 3 rings (SSSR count). The Hall–Kier alpha value is -3.33. The summed E-state index contributed by atoms with van der Waals surface area (Å²) in [5.41, 5.74) is 9.57. The van der Waals surface area contributed by atoms with Crippen LogP contribution in [-0.2, 0) is 6.42 Å². The molecule has 6 heteroatoms. The summed E-state index contributed by atoms with van der Waals surface area (Å²) in [4.78, 5) is 8.52. The largest absolute Gasteiger partial charge is 0.444 e. The predicted molar refractivity (Wildman–Crippen MR) is 102 cm³/mol. The summed E-state index contributed by atoms with van der Waals surface area (Å²) in [6.07, 6.45) is 7.05. The molecule has 0 atom stereocenters. The molecule has 6 nitrogen and oxygen atoms in total. The number of benzene rings is 1. The Morgan fingerprint density at radius 2 is 2.04 bits per heavy atom. The fourth-order valence-corrected chi connectivity index (χ4v) is 2.76. The number of anilines is 3. The van der Waals surface area contributed by atoms with Gasteiger partial charge in [-0.15, -0.1) is 0 Å². The van der Waals surface area contributed by atoms with Gasteiger partial charge in [-0.2, -0.15) is 5.26 Å². The second kappa shape index (κ2) is 8.17. The first kappa shape index (κ1) is 17.5. The van der Waals surface area contributed by atoms with Gasteiger partial charge in [0.05, 0.1) is 23.1 Å². The number of hydrogen-bond donors (Lipinski definition) is 2. The molecule has 26 heavy (non-hydrogen) atoms. The minimum atomic E-state index is 0.453. The van der Waals surface area contributed by atoms with Crippen molar-refractivity contribution < 1.29 is 4.42 Å². The molecule has 0 spiro atoms. The van der Waals surface area contributed by atoms with E-state index in [0.29, 0.717) is 17.1 Å². The topological polar surface area (TPSA) is 101 Å². The number of nitrogens with two attached hydrogens (primary N) is 1. The highest BCUT2D eigenvalue weighted by Gasteiger charge is 2.11. The van der Waals surface area contributed by atoms with Crippen molar-refractivity contribution >= 4 is 17.2 Å². The Labute approximate surface area is 152 Å². The van der Waals surface area contributed by atoms with Crippen molar-refractivity contribution in [2.75, 3.05) is 11.1 Å². The minimum Gasteiger partial charge on any atom is -0.444 e. The number of rotatable bonds is 7. The maximum Gasteiger partial charge on any atom is 0.181 e. The van der Waals surface area contributed by atoms with Crippen LogP contribution in [0.25, 0.3) is 11.3 Å². The van der Waals surface area contributed by atoms with Gasteiger partial charge in [0.15, 0.2) is 12.2 Å². The quantitative estimate of drug-likeness (QED) is 0.602. The number of oxazole rings is 1. The van der Waals surface area contributed by atoms with Crippen molar-refractivity contribution in [3.8, 4) is 17.4 Å². The molecule has 2 heterocycles. The average molecular weight is 347 g/mol. The highest BCUT2D eigenvalue weighted by molar-refractivity contribution is 5.68. The molecule has 0 saturated carbocycles. The highest BCUT2D eigenvalue weighted by Crippen LogP contribution is 2.25.